The van der Waals surface area contributed by atoms with Crippen molar-refractivity contribution < 1.29 is 18.7 Å². The van der Waals surface area contributed by atoms with E-state index in [-0.39, 0.29) is 17.8 Å². The molecule has 4 rings (SSSR count). The molecule has 1 atom stereocenters. The topological polar surface area (TPSA) is 54.9 Å². The summed E-state index contributed by atoms with van der Waals surface area (Å²) in [6.45, 7) is 3.92. The van der Waals surface area contributed by atoms with Gasteiger partial charge in [-0.05, 0) is 30.3 Å². The van der Waals surface area contributed by atoms with Crippen molar-refractivity contribution in [3.05, 3.63) is 54.0 Å². The van der Waals surface area contributed by atoms with E-state index in [1.807, 2.05) is 4.90 Å². The fraction of sp³-hybridized carbons (Fsp3) is 0.400. The minimum atomic E-state index is -0.243. The summed E-state index contributed by atoms with van der Waals surface area (Å²) < 4.78 is 24.2. The van der Waals surface area contributed by atoms with Crippen molar-refractivity contribution >= 4 is 11.6 Å². The molecule has 0 N–H and O–H groups in total. The number of ether oxygens (including phenoxy) is 2. The lowest BCUT2D eigenvalue weighted by atomic mass is 10.2. The van der Waals surface area contributed by atoms with Gasteiger partial charge in [-0.2, -0.15) is 0 Å². The number of benzene rings is 1. The molecule has 3 heterocycles. The Morgan fingerprint density at radius 2 is 1.93 bits per heavy atom. The number of aromatic nitrogens is 1. The molecule has 0 unspecified atom stereocenters. The number of hydrogen-bond donors (Lipinski definition) is 0. The highest BCUT2D eigenvalue weighted by atomic mass is 19.1. The number of piperazine rings is 1. The molecule has 1 amide bonds. The zero-order valence-electron chi connectivity index (χ0n) is 15.0. The molecule has 0 saturated carbocycles. The molecule has 142 valence electrons. The Bertz CT molecular complexity index is 785. The third-order valence-electron chi connectivity index (χ3n) is 4.92. The average molecular weight is 371 g/mol. The smallest absolute Gasteiger partial charge is 0.254 e. The van der Waals surface area contributed by atoms with Crippen molar-refractivity contribution in [3.8, 4) is 5.88 Å². The second kappa shape index (κ2) is 7.92. The number of halogens is 1. The van der Waals surface area contributed by atoms with Gasteiger partial charge in [-0.1, -0.05) is 0 Å². The van der Waals surface area contributed by atoms with Gasteiger partial charge in [-0.15, -0.1) is 0 Å². The van der Waals surface area contributed by atoms with E-state index in [0.717, 1.165) is 12.1 Å². The molecule has 2 aliphatic heterocycles. The normalized spacial score (nSPS) is 20.0. The van der Waals surface area contributed by atoms with E-state index in [1.165, 1.54) is 12.1 Å². The van der Waals surface area contributed by atoms with E-state index in [2.05, 4.69) is 9.88 Å². The molecule has 2 aliphatic rings. The van der Waals surface area contributed by atoms with E-state index >= 15 is 0 Å². The maximum Gasteiger partial charge on any atom is 0.254 e. The fourth-order valence-electron chi connectivity index (χ4n) is 3.39. The van der Waals surface area contributed by atoms with Gasteiger partial charge in [0.05, 0.1) is 13.2 Å². The monoisotopic (exact) mass is 371 g/mol. The zero-order chi connectivity index (χ0) is 18.6. The van der Waals surface area contributed by atoms with Gasteiger partial charge in [0, 0.05) is 56.1 Å². The first-order valence-corrected chi connectivity index (χ1v) is 9.19. The maximum absolute atomic E-state index is 13.1. The van der Waals surface area contributed by atoms with Gasteiger partial charge in [0.25, 0.3) is 5.91 Å². The van der Waals surface area contributed by atoms with Gasteiger partial charge in [-0.3, -0.25) is 4.79 Å². The predicted molar refractivity (Wildman–Crippen MR) is 98.6 cm³/mol. The summed E-state index contributed by atoms with van der Waals surface area (Å²) in [7, 11) is 0. The third kappa shape index (κ3) is 4.19. The average Bonchev–Trinajstić information content (AvgIpc) is 3.21. The lowest BCUT2D eigenvalue weighted by Gasteiger charge is -2.36. The van der Waals surface area contributed by atoms with Gasteiger partial charge in [0.1, 0.15) is 11.9 Å². The molecule has 2 saturated heterocycles. The van der Waals surface area contributed by atoms with Gasteiger partial charge in [-0.25, -0.2) is 9.37 Å². The van der Waals surface area contributed by atoms with E-state index in [0.29, 0.717) is 50.8 Å². The highest BCUT2D eigenvalue weighted by molar-refractivity contribution is 5.94. The highest BCUT2D eigenvalue weighted by Gasteiger charge is 2.23. The number of anilines is 1. The molecule has 2 fully saturated rings. The molecule has 0 radical (unpaired) electrons. The summed E-state index contributed by atoms with van der Waals surface area (Å²) in [4.78, 5) is 21.0. The van der Waals surface area contributed by atoms with Crippen LogP contribution in [0.25, 0.3) is 0 Å². The number of pyridine rings is 1. The van der Waals surface area contributed by atoms with Gasteiger partial charge in [0.15, 0.2) is 0 Å². The van der Waals surface area contributed by atoms with E-state index in [1.54, 1.807) is 30.5 Å². The number of amides is 1. The second-order valence-corrected chi connectivity index (χ2v) is 6.74. The molecule has 6 nitrogen and oxygen atoms in total. The zero-order valence-corrected chi connectivity index (χ0v) is 15.0. The Kier molecular flexibility index (Phi) is 5.20. The minimum absolute atomic E-state index is 0.00195. The summed E-state index contributed by atoms with van der Waals surface area (Å²) in [5, 5.41) is 0. The van der Waals surface area contributed by atoms with Crippen LogP contribution in [-0.2, 0) is 4.74 Å². The summed E-state index contributed by atoms with van der Waals surface area (Å²) >= 11 is 0. The van der Waals surface area contributed by atoms with Crippen LogP contribution in [0, 0.1) is 5.82 Å². The SMILES string of the molecule is O=C(c1ccnc(O[C@H]2CCOC2)c1)N1CCN(c2ccc(F)cc2)CC1. The quantitative estimate of drug-likeness (QED) is 0.826. The van der Waals surface area contributed by atoms with Crippen LogP contribution in [0.4, 0.5) is 10.1 Å². The van der Waals surface area contributed by atoms with Crippen molar-refractivity contribution in [3.63, 3.8) is 0 Å². The van der Waals surface area contributed by atoms with Crippen LogP contribution in [0.1, 0.15) is 16.8 Å². The van der Waals surface area contributed by atoms with Crippen molar-refractivity contribution in [1.29, 1.82) is 0 Å². The first-order valence-electron chi connectivity index (χ1n) is 9.19. The Balaban J connectivity index is 1.36. The Morgan fingerprint density at radius 1 is 1.15 bits per heavy atom. The second-order valence-electron chi connectivity index (χ2n) is 6.74. The molecule has 1 aromatic carbocycles. The van der Waals surface area contributed by atoms with Gasteiger partial charge < -0.3 is 19.3 Å². The van der Waals surface area contributed by atoms with Crippen molar-refractivity contribution in [2.75, 3.05) is 44.3 Å². The standard InChI is InChI=1S/C20H22FN3O3/c21-16-1-3-17(4-2-16)23-8-10-24(11-9-23)20(25)15-5-7-22-19(13-15)27-18-6-12-26-14-18/h1-5,7,13,18H,6,8-12,14H2/t18-/m0/s1. The lowest BCUT2D eigenvalue weighted by Crippen LogP contribution is -2.48. The molecule has 1 aromatic heterocycles. The largest absolute Gasteiger partial charge is 0.472 e. The molecule has 7 heteroatoms. The van der Waals surface area contributed by atoms with Crippen molar-refractivity contribution in [2.45, 2.75) is 12.5 Å². The van der Waals surface area contributed by atoms with Crippen LogP contribution in [0.3, 0.4) is 0 Å². The van der Waals surface area contributed by atoms with Crippen LogP contribution >= 0.6 is 0 Å². The first kappa shape index (κ1) is 17.7. The van der Waals surface area contributed by atoms with Crippen molar-refractivity contribution in [1.82, 2.24) is 9.88 Å². The van der Waals surface area contributed by atoms with E-state index < -0.39 is 0 Å². The number of carbonyl (C=O) groups excluding carboxylic acids is 1. The minimum Gasteiger partial charge on any atom is -0.472 e. The van der Waals surface area contributed by atoms with Crippen LogP contribution in [0.15, 0.2) is 42.6 Å². The van der Waals surface area contributed by atoms with E-state index in [4.69, 9.17) is 9.47 Å². The molecule has 0 spiro atoms. The summed E-state index contributed by atoms with van der Waals surface area (Å²) in [5.74, 6) is 0.192. The van der Waals surface area contributed by atoms with Crippen LogP contribution < -0.4 is 9.64 Å². The van der Waals surface area contributed by atoms with Crippen LogP contribution in [-0.4, -0.2) is 61.3 Å². The van der Waals surface area contributed by atoms with Crippen LogP contribution in [0.2, 0.25) is 0 Å². The van der Waals surface area contributed by atoms with Gasteiger partial charge in [0.2, 0.25) is 5.88 Å². The Labute approximate surface area is 157 Å². The lowest BCUT2D eigenvalue weighted by molar-refractivity contribution is 0.0745. The molecule has 2 aromatic rings. The predicted octanol–water partition coefficient (Wildman–Crippen LogP) is 2.35. The summed E-state index contributed by atoms with van der Waals surface area (Å²) in [5.41, 5.74) is 1.55. The maximum atomic E-state index is 13.1. The molecular weight excluding hydrogens is 349 g/mol. The first-order chi connectivity index (χ1) is 13.2. The number of rotatable bonds is 4. The van der Waals surface area contributed by atoms with Gasteiger partial charge >= 0.3 is 0 Å². The van der Waals surface area contributed by atoms with E-state index in [9.17, 15) is 9.18 Å². The Morgan fingerprint density at radius 3 is 2.63 bits per heavy atom. The molecular formula is C20H22FN3O3. The molecule has 27 heavy (non-hydrogen) atoms. The number of nitrogens with zero attached hydrogens (tertiary/aromatic N) is 3. The third-order valence-corrected chi connectivity index (χ3v) is 4.92. The number of carbonyl (C=O) groups is 1. The summed E-state index contributed by atoms with van der Waals surface area (Å²) in [6, 6.07) is 9.87. The van der Waals surface area contributed by atoms with Crippen molar-refractivity contribution in [2.24, 2.45) is 0 Å². The highest BCUT2D eigenvalue weighted by Crippen LogP contribution is 2.20. The van der Waals surface area contributed by atoms with Crippen LogP contribution in [0.5, 0.6) is 5.88 Å². The summed E-state index contributed by atoms with van der Waals surface area (Å²) in [6.07, 6.45) is 2.44. The fourth-order valence-corrected chi connectivity index (χ4v) is 3.39. The molecule has 0 aliphatic carbocycles. The Hall–Kier alpha value is -2.67. The molecule has 0 bridgehead atoms. The number of hydrogen-bond acceptors (Lipinski definition) is 5.